The lowest BCUT2D eigenvalue weighted by molar-refractivity contribution is -0.00759. The Morgan fingerprint density at radius 2 is 1.86 bits per heavy atom. The quantitative estimate of drug-likeness (QED) is 0.270. The maximum atomic E-state index is 12.7. The van der Waals surface area contributed by atoms with Crippen LogP contribution in [0.4, 0.5) is 0 Å². The Morgan fingerprint density at radius 1 is 1.27 bits per heavy atom. The Bertz CT molecular complexity index is 751. The number of hydrogen-bond donors (Lipinski definition) is 0. The summed E-state index contributed by atoms with van der Waals surface area (Å²) in [5.74, 6) is 0. The number of sulfone groups is 1. The second-order valence-electron chi connectivity index (χ2n) is 5.13. The third-order valence-corrected chi connectivity index (χ3v) is 7.57. The van der Waals surface area contributed by atoms with Crippen LogP contribution in [-0.2, 0) is 20.9 Å². The van der Waals surface area contributed by atoms with Crippen molar-refractivity contribution in [3.05, 3.63) is 34.8 Å². The van der Waals surface area contributed by atoms with Gasteiger partial charge in [0.1, 0.15) is 4.75 Å². The summed E-state index contributed by atoms with van der Waals surface area (Å²) in [5.41, 5.74) is 9.27. The Labute approximate surface area is 136 Å². The van der Waals surface area contributed by atoms with E-state index in [1.165, 1.54) is 18.2 Å². The molecule has 0 N–H and O–H groups in total. The number of nitrogens with zero attached hydrogens (tertiary/aromatic N) is 2. The fraction of sp³-hybridized carbons (Fsp3) is 0.462. The molecule has 1 aromatic carbocycles. The van der Waals surface area contributed by atoms with Crippen molar-refractivity contribution in [3.8, 4) is 0 Å². The van der Waals surface area contributed by atoms with Crippen LogP contribution in [0.3, 0.4) is 0 Å². The molecule has 1 aliphatic rings. The smallest absolute Gasteiger partial charge is 0.403 e. The molecular weight excluding hydrogens is 348 g/mol. The number of benzene rings is 1. The summed E-state index contributed by atoms with van der Waals surface area (Å²) in [5, 5.41) is -0.799. The molecule has 0 amide bonds. The van der Waals surface area contributed by atoms with Crippen molar-refractivity contribution in [1.29, 1.82) is 0 Å². The van der Waals surface area contributed by atoms with Crippen molar-refractivity contribution in [2.24, 2.45) is 0 Å². The van der Waals surface area contributed by atoms with Crippen LogP contribution in [0, 0.1) is 0 Å². The maximum absolute atomic E-state index is 12.7. The van der Waals surface area contributed by atoms with Crippen molar-refractivity contribution in [2.75, 3.05) is 0 Å². The van der Waals surface area contributed by atoms with Gasteiger partial charge in [0.15, 0.2) is 0 Å². The molecule has 6 nitrogen and oxygen atoms in total. The van der Waals surface area contributed by atoms with Gasteiger partial charge in [-0.05, 0) is 36.1 Å². The highest BCUT2D eigenvalue weighted by Gasteiger charge is 2.53. The topological polar surface area (TPSA) is 111 Å². The lowest BCUT2D eigenvalue weighted by Crippen LogP contribution is -2.48. The normalized spacial score (nSPS) is 19.2. The molecule has 0 heterocycles. The largest absolute Gasteiger partial charge is 0.771 e. The van der Waals surface area contributed by atoms with Gasteiger partial charge in [0.2, 0.25) is 0 Å². The monoisotopic (exact) mass is 361 g/mol. The second kappa shape index (κ2) is 6.60. The van der Waals surface area contributed by atoms with Gasteiger partial charge in [-0.1, -0.05) is 43.0 Å². The van der Waals surface area contributed by atoms with Crippen molar-refractivity contribution in [3.63, 3.8) is 0 Å². The summed E-state index contributed by atoms with van der Waals surface area (Å²) in [7, 11) is -4.31. The van der Waals surface area contributed by atoms with Gasteiger partial charge in [-0.25, -0.2) is 8.42 Å². The van der Waals surface area contributed by atoms with Crippen molar-refractivity contribution in [1.82, 2.24) is 0 Å². The van der Waals surface area contributed by atoms with E-state index >= 15 is 0 Å². The second-order valence-corrected chi connectivity index (χ2v) is 8.62. The molecule has 2 rings (SSSR count). The summed E-state index contributed by atoms with van der Waals surface area (Å²) in [6.07, 6.45) is 2.11. The van der Waals surface area contributed by atoms with Gasteiger partial charge in [0.05, 0.1) is 9.92 Å². The molecule has 1 unspecified atom stereocenters. The van der Waals surface area contributed by atoms with E-state index in [0.717, 1.165) is 6.42 Å². The summed E-state index contributed by atoms with van der Waals surface area (Å²) < 4.78 is 47.3. The lowest BCUT2D eigenvalue weighted by atomic mass is 9.89. The average molecular weight is 362 g/mol. The summed E-state index contributed by atoms with van der Waals surface area (Å²) >= 11 is 3.17. The van der Waals surface area contributed by atoms with Crippen LogP contribution in [-0.4, -0.2) is 31.8 Å². The van der Waals surface area contributed by atoms with E-state index in [4.69, 9.17) is 11.6 Å². The van der Waals surface area contributed by atoms with E-state index in [2.05, 4.69) is 4.79 Å². The van der Waals surface area contributed by atoms with Gasteiger partial charge < -0.3 is 10.1 Å². The van der Waals surface area contributed by atoms with Crippen LogP contribution in [0.5, 0.6) is 0 Å². The molecule has 1 saturated carbocycles. The highest BCUT2D eigenvalue weighted by atomic mass is 35.5. The lowest BCUT2D eigenvalue weighted by Gasteiger charge is -2.34. The van der Waals surface area contributed by atoms with Crippen LogP contribution >= 0.6 is 11.6 Å². The predicted molar refractivity (Wildman–Crippen MR) is 82.0 cm³/mol. The van der Waals surface area contributed by atoms with Gasteiger partial charge in [-0.15, -0.1) is 0 Å². The Hall–Kier alpha value is -1.05. The van der Waals surface area contributed by atoms with E-state index < -0.39 is 30.7 Å². The minimum Gasteiger partial charge on any atom is -0.771 e. The Morgan fingerprint density at radius 3 is 2.36 bits per heavy atom. The summed E-state index contributed by atoms with van der Waals surface area (Å²) in [6.45, 7) is 0. The van der Waals surface area contributed by atoms with Crippen LogP contribution in [0.25, 0.3) is 5.53 Å². The van der Waals surface area contributed by atoms with Gasteiger partial charge in [-0.3, -0.25) is 4.21 Å². The first-order valence-electron chi connectivity index (χ1n) is 6.68. The van der Waals surface area contributed by atoms with Gasteiger partial charge >= 0.3 is 5.04 Å². The first-order valence-corrected chi connectivity index (χ1v) is 9.61. The minimum atomic E-state index is -4.31. The molecule has 0 aliphatic heterocycles. The van der Waals surface area contributed by atoms with Crippen LogP contribution < -0.4 is 0 Å². The number of hydrogen-bond acceptors (Lipinski definition) is 4. The van der Waals surface area contributed by atoms with Crippen molar-refractivity contribution < 1.29 is 22.0 Å². The van der Waals surface area contributed by atoms with Gasteiger partial charge in [0.25, 0.3) is 9.84 Å². The SMILES string of the molecule is [N-]=[N+]=C(C1(S(=O)[O-])CCCCC1)S(=O)(=O)c1ccccc1Cl. The zero-order chi connectivity index (χ0) is 16.4. The van der Waals surface area contributed by atoms with E-state index in [9.17, 15) is 22.7 Å². The average Bonchev–Trinajstić information content (AvgIpc) is 2.48. The summed E-state index contributed by atoms with van der Waals surface area (Å²) in [6, 6.07) is 5.66. The molecule has 0 aromatic heterocycles. The van der Waals surface area contributed by atoms with E-state index in [0.29, 0.717) is 12.8 Å². The molecule has 9 heteroatoms. The fourth-order valence-corrected chi connectivity index (χ4v) is 6.10. The molecule has 0 radical (unpaired) electrons. The van der Waals surface area contributed by atoms with Gasteiger partial charge in [-0.2, -0.15) is 4.79 Å². The third-order valence-electron chi connectivity index (χ3n) is 3.84. The summed E-state index contributed by atoms with van der Waals surface area (Å²) in [4.78, 5) is 2.61. The molecule has 1 fully saturated rings. The van der Waals surface area contributed by atoms with E-state index in [1.54, 1.807) is 6.07 Å². The Kier molecular flexibility index (Phi) is 5.19. The molecule has 1 aliphatic carbocycles. The standard InChI is InChI=1S/C13H15ClN2O4S2/c14-10-6-2-3-7-11(10)22(19,20)12(16-15)13(21(17)18)8-4-1-5-9-13/h2-3,6-7H,1,4-5,8-9H2,(H,17,18)/p-1. The highest BCUT2D eigenvalue weighted by Crippen LogP contribution is 2.37. The van der Waals surface area contributed by atoms with Crippen LogP contribution in [0.2, 0.25) is 5.02 Å². The molecule has 1 atom stereocenters. The molecule has 0 spiro atoms. The van der Waals surface area contributed by atoms with E-state index in [-0.39, 0.29) is 22.8 Å². The van der Waals surface area contributed by atoms with Crippen molar-refractivity contribution in [2.45, 2.75) is 41.7 Å². The maximum Gasteiger partial charge on any atom is 0.403 e. The molecule has 0 saturated heterocycles. The van der Waals surface area contributed by atoms with Crippen LogP contribution in [0.1, 0.15) is 32.1 Å². The Balaban J connectivity index is 2.63. The van der Waals surface area contributed by atoms with Gasteiger partial charge in [0, 0.05) is 0 Å². The minimum absolute atomic E-state index is 0.0497. The first-order chi connectivity index (χ1) is 10.4. The zero-order valence-corrected chi connectivity index (χ0v) is 14.0. The number of rotatable bonds is 3. The fourth-order valence-electron chi connectivity index (χ4n) is 2.73. The molecule has 1 aromatic rings. The van der Waals surface area contributed by atoms with Crippen LogP contribution in [0.15, 0.2) is 29.2 Å². The zero-order valence-electron chi connectivity index (χ0n) is 11.6. The predicted octanol–water partition coefficient (Wildman–Crippen LogP) is 2.32. The van der Waals surface area contributed by atoms with E-state index in [1.807, 2.05) is 0 Å². The molecule has 120 valence electrons. The highest BCUT2D eigenvalue weighted by molar-refractivity contribution is 8.08. The molecular formula is C13H14ClN2O4S2-. The van der Waals surface area contributed by atoms with Crippen molar-refractivity contribution >= 4 is 37.6 Å². The first kappa shape index (κ1) is 17.3. The molecule has 22 heavy (non-hydrogen) atoms. The number of halogens is 1. The molecule has 0 bridgehead atoms. The third kappa shape index (κ3) is 2.89.